The minimum Gasteiger partial charge on any atom is -0.375 e. The molecule has 0 saturated heterocycles. The number of carbonyl (C=O) groups is 2. The maximum absolute atomic E-state index is 12.5. The van der Waals surface area contributed by atoms with Crippen molar-refractivity contribution in [1.82, 2.24) is 4.90 Å². The number of hydrogen-bond donors (Lipinski definition) is 1. The van der Waals surface area contributed by atoms with Gasteiger partial charge >= 0.3 is 0 Å². The first-order chi connectivity index (χ1) is 12.5. The number of nitrogens with one attached hydrogen (secondary N) is 1. The summed E-state index contributed by atoms with van der Waals surface area (Å²) in [5.41, 5.74) is 2.84. The van der Waals surface area contributed by atoms with Crippen molar-refractivity contribution >= 4 is 23.2 Å². The van der Waals surface area contributed by atoms with Gasteiger partial charge in [-0.15, -0.1) is 0 Å². The SMILES string of the molecule is CCN(CC)C(=O)c1cccc(NC(=O)c2ccc(N(C)CC)cc2)c1. The number of rotatable bonds is 7. The van der Waals surface area contributed by atoms with Gasteiger partial charge in [0.2, 0.25) is 0 Å². The first-order valence-electron chi connectivity index (χ1n) is 9.02. The van der Waals surface area contributed by atoms with Gasteiger partial charge in [-0.2, -0.15) is 0 Å². The predicted molar refractivity (Wildman–Crippen MR) is 107 cm³/mol. The van der Waals surface area contributed by atoms with Crippen molar-refractivity contribution < 1.29 is 9.59 Å². The average molecular weight is 353 g/mol. The normalized spacial score (nSPS) is 10.3. The van der Waals surface area contributed by atoms with Gasteiger partial charge in [-0.3, -0.25) is 9.59 Å². The summed E-state index contributed by atoms with van der Waals surface area (Å²) in [7, 11) is 2.01. The van der Waals surface area contributed by atoms with Crippen LogP contribution in [0, 0.1) is 0 Å². The number of nitrogens with zero attached hydrogens (tertiary/aromatic N) is 2. The summed E-state index contributed by atoms with van der Waals surface area (Å²) in [5.74, 6) is -0.221. The van der Waals surface area contributed by atoms with Crippen molar-refractivity contribution in [3.8, 4) is 0 Å². The molecule has 0 radical (unpaired) electrons. The summed E-state index contributed by atoms with van der Waals surface area (Å²) in [5, 5.41) is 2.87. The Labute approximate surface area is 155 Å². The van der Waals surface area contributed by atoms with E-state index in [0.717, 1.165) is 12.2 Å². The second-order valence-electron chi connectivity index (χ2n) is 6.07. The molecule has 2 rings (SSSR count). The van der Waals surface area contributed by atoms with Crippen molar-refractivity contribution in [2.75, 3.05) is 36.9 Å². The highest BCUT2D eigenvalue weighted by molar-refractivity contribution is 6.05. The van der Waals surface area contributed by atoms with E-state index in [1.807, 2.05) is 45.2 Å². The largest absolute Gasteiger partial charge is 0.375 e. The Kier molecular flexibility index (Phi) is 6.78. The fourth-order valence-electron chi connectivity index (χ4n) is 2.68. The highest BCUT2D eigenvalue weighted by Gasteiger charge is 2.13. The zero-order chi connectivity index (χ0) is 19.1. The van der Waals surface area contributed by atoms with Gasteiger partial charge < -0.3 is 15.1 Å². The lowest BCUT2D eigenvalue weighted by atomic mass is 10.1. The Morgan fingerprint density at radius 1 is 0.885 bits per heavy atom. The van der Waals surface area contributed by atoms with E-state index in [9.17, 15) is 9.59 Å². The number of amides is 2. The van der Waals surface area contributed by atoms with Gasteiger partial charge in [0.05, 0.1) is 0 Å². The lowest BCUT2D eigenvalue weighted by Crippen LogP contribution is -2.30. The van der Waals surface area contributed by atoms with Crippen LogP contribution in [0.5, 0.6) is 0 Å². The van der Waals surface area contributed by atoms with Crippen molar-refractivity contribution in [2.24, 2.45) is 0 Å². The van der Waals surface area contributed by atoms with Crippen LogP contribution in [-0.4, -0.2) is 43.4 Å². The van der Waals surface area contributed by atoms with Crippen molar-refractivity contribution in [3.05, 3.63) is 59.7 Å². The lowest BCUT2D eigenvalue weighted by molar-refractivity contribution is 0.0772. The fraction of sp³-hybridized carbons (Fsp3) is 0.333. The second kappa shape index (κ2) is 9.04. The Bertz CT molecular complexity index is 752. The number of hydrogen-bond acceptors (Lipinski definition) is 3. The van der Waals surface area contributed by atoms with E-state index < -0.39 is 0 Å². The molecule has 138 valence electrons. The molecule has 0 aliphatic rings. The smallest absolute Gasteiger partial charge is 0.255 e. The molecule has 0 unspecified atom stereocenters. The van der Waals surface area contributed by atoms with Crippen LogP contribution < -0.4 is 10.2 Å². The summed E-state index contributed by atoms with van der Waals surface area (Å²) in [6.07, 6.45) is 0. The molecule has 5 heteroatoms. The molecule has 0 saturated carbocycles. The molecule has 2 aromatic rings. The Morgan fingerprint density at radius 3 is 2.12 bits per heavy atom. The van der Waals surface area contributed by atoms with Crippen LogP contribution in [0.2, 0.25) is 0 Å². The molecule has 0 spiro atoms. The first kappa shape index (κ1) is 19.5. The van der Waals surface area contributed by atoms with Crippen LogP contribution in [0.1, 0.15) is 41.5 Å². The van der Waals surface area contributed by atoms with E-state index in [1.165, 1.54) is 0 Å². The van der Waals surface area contributed by atoms with Crippen LogP contribution in [0.15, 0.2) is 48.5 Å². The Hall–Kier alpha value is -2.82. The van der Waals surface area contributed by atoms with E-state index in [2.05, 4.69) is 17.1 Å². The Morgan fingerprint density at radius 2 is 1.54 bits per heavy atom. The second-order valence-corrected chi connectivity index (χ2v) is 6.07. The van der Waals surface area contributed by atoms with Crippen molar-refractivity contribution in [1.29, 1.82) is 0 Å². The third-order valence-electron chi connectivity index (χ3n) is 4.46. The zero-order valence-corrected chi connectivity index (χ0v) is 16.0. The first-order valence-corrected chi connectivity index (χ1v) is 9.02. The van der Waals surface area contributed by atoms with Crippen molar-refractivity contribution in [3.63, 3.8) is 0 Å². The maximum atomic E-state index is 12.5. The topological polar surface area (TPSA) is 52.7 Å². The average Bonchev–Trinajstić information content (AvgIpc) is 2.68. The van der Waals surface area contributed by atoms with Gasteiger partial charge in [0.1, 0.15) is 0 Å². The predicted octanol–water partition coefficient (Wildman–Crippen LogP) is 3.88. The molecule has 2 aromatic carbocycles. The van der Waals surface area contributed by atoms with Crippen LogP contribution in [0.3, 0.4) is 0 Å². The van der Waals surface area contributed by atoms with Gasteiger partial charge in [-0.25, -0.2) is 0 Å². The summed E-state index contributed by atoms with van der Waals surface area (Å²) in [6, 6.07) is 14.5. The molecule has 2 amide bonds. The van der Waals surface area contributed by atoms with E-state index in [0.29, 0.717) is 29.9 Å². The third kappa shape index (κ3) is 4.63. The molecule has 0 atom stereocenters. The molecular formula is C21H27N3O2. The maximum Gasteiger partial charge on any atom is 0.255 e. The summed E-state index contributed by atoms with van der Waals surface area (Å²) in [4.78, 5) is 28.8. The molecule has 0 aromatic heterocycles. The number of anilines is 2. The summed E-state index contributed by atoms with van der Waals surface area (Å²) >= 11 is 0. The van der Waals surface area contributed by atoms with Gasteiger partial charge in [0, 0.05) is 49.2 Å². The van der Waals surface area contributed by atoms with Crippen LogP contribution >= 0.6 is 0 Å². The van der Waals surface area contributed by atoms with Gasteiger partial charge in [0.25, 0.3) is 11.8 Å². The molecule has 0 heterocycles. The van der Waals surface area contributed by atoms with E-state index in [-0.39, 0.29) is 11.8 Å². The molecule has 0 aliphatic heterocycles. The number of benzene rings is 2. The van der Waals surface area contributed by atoms with E-state index >= 15 is 0 Å². The van der Waals surface area contributed by atoms with Crippen LogP contribution in [0.4, 0.5) is 11.4 Å². The van der Waals surface area contributed by atoms with Crippen LogP contribution in [-0.2, 0) is 0 Å². The van der Waals surface area contributed by atoms with Crippen molar-refractivity contribution in [2.45, 2.75) is 20.8 Å². The lowest BCUT2D eigenvalue weighted by Gasteiger charge is -2.19. The standard InChI is InChI=1S/C21H27N3O2/c1-5-23(4)19-13-11-16(12-14-19)20(25)22-18-10-8-9-17(15-18)21(26)24(6-2)7-3/h8-15H,5-7H2,1-4H3,(H,22,25). The summed E-state index contributed by atoms with van der Waals surface area (Å²) in [6.45, 7) is 8.19. The minimum atomic E-state index is -0.192. The molecule has 0 bridgehead atoms. The molecule has 0 fully saturated rings. The van der Waals surface area contributed by atoms with E-state index in [1.54, 1.807) is 29.2 Å². The van der Waals surface area contributed by atoms with Crippen LogP contribution in [0.25, 0.3) is 0 Å². The summed E-state index contributed by atoms with van der Waals surface area (Å²) < 4.78 is 0. The highest BCUT2D eigenvalue weighted by atomic mass is 16.2. The number of carbonyl (C=O) groups excluding carboxylic acids is 2. The molecule has 26 heavy (non-hydrogen) atoms. The van der Waals surface area contributed by atoms with Gasteiger partial charge in [-0.05, 0) is 63.2 Å². The molecule has 5 nitrogen and oxygen atoms in total. The molecule has 0 aliphatic carbocycles. The van der Waals surface area contributed by atoms with Gasteiger partial charge in [-0.1, -0.05) is 6.07 Å². The molecular weight excluding hydrogens is 326 g/mol. The highest BCUT2D eigenvalue weighted by Crippen LogP contribution is 2.17. The minimum absolute atomic E-state index is 0.0296. The Balaban J connectivity index is 2.12. The third-order valence-corrected chi connectivity index (χ3v) is 4.46. The van der Waals surface area contributed by atoms with Gasteiger partial charge in [0.15, 0.2) is 0 Å². The zero-order valence-electron chi connectivity index (χ0n) is 16.0. The monoisotopic (exact) mass is 353 g/mol. The van der Waals surface area contributed by atoms with E-state index in [4.69, 9.17) is 0 Å². The fourth-order valence-corrected chi connectivity index (χ4v) is 2.68. The molecule has 1 N–H and O–H groups in total. The quantitative estimate of drug-likeness (QED) is 0.822.